The van der Waals surface area contributed by atoms with Crippen LogP contribution in [0.4, 0.5) is 0 Å². The number of hydrogen-bond acceptors (Lipinski definition) is 6. The maximum Gasteiger partial charge on any atom is 0.243 e. The maximum absolute atomic E-state index is 13.8. The highest BCUT2D eigenvalue weighted by Crippen LogP contribution is 2.28. The molecule has 0 amide bonds. The van der Waals surface area contributed by atoms with Gasteiger partial charge in [0.2, 0.25) is 10.0 Å². The Hall–Kier alpha value is -2.72. The van der Waals surface area contributed by atoms with Crippen LogP contribution in [-0.2, 0) is 33.0 Å². The second-order valence-electron chi connectivity index (χ2n) is 8.33. The Morgan fingerprint density at radius 1 is 0.882 bits per heavy atom. The van der Waals surface area contributed by atoms with E-state index in [2.05, 4.69) is 5.32 Å². The van der Waals surface area contributed by atoms with Gasteiger partial charge in [-0.25, -0.2) is 16.8 Å². The molecule has 2 atom stereocenters. The molecule has 1 fully saturated rings. The number of methoxy groups -OCH3 is 1. The average molecular weight is 501 g/mol. The summed E-state index contributed by atoms with van der Waals surface area (Å²) in [5.74, 6) is 0.190. The van der Waals surface area contributed by atoms with E-state index >= 15 is 0 Å². The zero-order valence-corrected chi connectivity index (χ0v) is 20.5. The third kappa shape index (κ3) is 5.67. The fourth-order valence-electron chi connectivity index (χ4n) is 4.18. The van der Waals surface area contributed by atoms with Crippen molar-refractivity contribution in [3.05, 3.63) is 96.1 Å². The normalized spacial score (nSPS) is 19.8. The Balaban J connectivity index is 1.69. The van der Waals surface area contributed by atoms with Crippen LogP contribution in [0.5, 0.6) is 5.75 Å². The molecule has 9 heteroatoms. The number of sulfone groups is 1. The van der Waals surface area contributed by atoms with Crippen LogP contribution in [0.1, 0.15) is 11.1 Å². The number of sulfonamides is 1. The van der Waals surface area contributed by atoms with Crippen molar-refractivity contribution in [2.45, 2.75) is 30.1 Å². The molecule has 1 aliphatic rings. The number of rotatable bonds is 9. The van der Waals surface area contributed by atoms with Crippen LogP contribution in [-0.4, -0.2) is 51.8 Å². The molecule has 0 unspecified atom stereocenters. The Labute approximate surface area is 201 Å². The van der Waals surface area contributed by atoms with E-state index in [4.69, 9.17) is 4.74 Å². The lowest BCUT2D eigenvalue weighted by molar-refractivity contribution is 0.286. The van der Waals surface area contributed by atoms with Crippen molar-refractivity contribution in [2.75, 3.05) is 18.6 Å². The molecule has 0 aromatic heterocycles. The topological polar surface area (TPSA) is 92.8 Å². The van der Waals surface area contributed by atoms with E-state index in [1.165, 1.54) is 23.5 Å². The third-order valence-electron chi connectivity index (χ3n) is 5.95. The lowest BCUT2D eigenvalue weighted by Crippen LogP contribution is -2.51. The molecule has 0 radical (unpaired) electrons. The fraction of sp³-hybridized carbons (Fsp3) is 0.280. The molecule has 7 nitrogen and oxygen atoms in total. The van der Waals surface area contributed by atoms with Crippen molar-refractivity contribution < 1.29 is 21.6 Å². The van der Waals surface area contributed by atoms with Gasteiger partial charge in [0.1, 0.15) is 5.75 Å². The van der Waals surface area contributed by atoms with Crippen molar-refractivity contribution >= 4 is 19.9 Å². The van der Waals surface area contributed by atoms with E-state index < -0.39 is 31.9 Å². The van der Waals surface area contributed by atoms with Gasteiger partial charge in [-0.05, 0) is 35.4 Å². The van der Waals surface area contributed by atoms with Crippen molar-refractivity contribution in [1.29, 1.82) is 0 Å². The van der Waals surface area contributed by atoms with Crippen molar-refractivity contribution in [2.24, 2.45) is 0 Å². The van der Waals surface area contributed by atoms with Gasteiger partial charge in [-0.2, -0.15) is 4.31 Å². The first-order chi connectivity index (χ1) is 16.3. The van der Waals surface area contributed by atoms with Gasteiger partial charge in [-0.15, -0.1) is 0 Å². The predicted molar refractivity (Wildman–Crippen MR) is 132 cm³/mol. The number of benzene rings is 3. The number of ether oxygens (including phenoxy) is 1. The second-order valence-corrected chi connectivity index (χ2v) is 12.4. The Morgan fingerprint density at radius 3 is 2.06 bits per heavy atom. The van der Waals surface area contributed by atoms with E-state index in [9.17, 15) is 16.8 Å². The number of nitrogens with zero attached hydrogens (tertiary/aromatic N) is 1. The highest BCUT2D eigenvalue weighted by molar-refractivity contribution is 7.92. The first kappa shape index (κ1) is 24.4. The summed E-state index contributed by atoms with van der Waals surface area (Å²) >= 11 is 0. The first-order valence-electron chi connectivity index (χ1n) is 11.0. The van der Waals surface area contributed by atoms with Crippen LogP contribution >= 0.6 is 0 Å². The van der Waals surface area contributed by atoms with Gasteiger partial charge in [0, 0.05) is 19.1 Å². The maximum atomic E-state index is 13.8. The molecule has 34 heavy (non-hydrogen) atoms. The largest absolute Gasteiger partial charge is 0.497 e. The van der Waals surface area contributed by atoms with Gasteiger partial charge in [-0.1, -0.05) is 60.7 Å². The van der Waals surface area contributed by atoms with E-state index in [0.29, 0.717) is 12.3 Å². The van der Waals surface area contributed by atoms with E-state index in [1.54, 1.807) is 12.1 Å². The SMILES string of the molecule is COc1ccc(S(=O)(=O)N(Cc2ccccc2)[C@@H]2CS(=O)(=O)C[C@H]2NCc2ccccc2)cc1. The molecule has 180 valence electrons. The summed E-state index contributed by atoms with van der Waals surface area (Å²) in [4.78, 5) is 0.0929. The van der Waals surface area contributed by atoms with Gasteiger partial charge < -0.3 is 10.1 Å². The van der Waals surface area contributed by atoms with E-state index in [1.807, 2.05) is 60.7 Å². The molecule has 0 spiro atoms. The molecule has 3 aromatic rings. The molecule has 1 aliphatic heterocycles. The second kappa shape index (κ2) is 10.3. The molecule has 4 rings (SSSR count). The number of nitrogens with one attached hydrogen (secondary N) is 1. The third-order valence-corrected chi connectivity index (χ3v) is 9.55. The predicted octanol–water partition coefficient (Wildman–Crippen LogP) is 2.84. The molecule has 1 saturated heterocycles. The monoisotopic (exact) mass is 500 g/mol. The Bertz CT molecular complexity index is 1300. The highest BCUT2D eigenvalue weighted by atomic mass is 32.2. The zero-order valence-electron chi connectivity index (χ0n) is 18.9. The summed E-state index contributed by atoms with van der Waals surface area (Å²) in [5.41, 5.74) is 1.78. The Kier molecular flexibility index (Phi) is 7.37. The quantitative estimate of drug-likeness (QED) is 0.486. The summed E-state index contributed by atoms with van der Waals surface area (Å²) in [6.45, 7) is 0.512. The fourth-order valence-corrected chi connectivity index (χ4v) is 7.88. The molecule has 1 N–H and O–H groups in total. The minimum atomic E-state index is -4.00. The molecule has 0 saturated carbocycles. The molecular formula is C25H28N2O5S2. The molecule has 0 bridgehead atoms. The van der Waals surface area contributed by atoms with Gasteiger partial charge in [-0.3, -0.25) is 0 Å². The zero-order chi connectivity index (χ0) is 24.2. The van der Waals surface area contributed by atoms with E-state index in [0.717, 1.165) is 11.1 Å². The van der Waals surface area contributed by atoms with Gasteiger partial charge in [0.25, 0.3) is 0 Å². The van der Waals surface area contributed by atoms with Crippen molar-refractivity contribution in [1.82, 2.24) is 9.62 Å². The lowest BCUT2D eigenvalue weighted by atomic mass is 10.1. The van der Waals surface area contributed by atoms with Gasteiger partial charge >= 0.3 is 0 Å². The van der Waals surface area contributed by atoms with Crippen LogP contribution in [0, 0.1) is 0 Å². The molecular weight excluding hydrogens is 472 g/mol. The highest BCUT2D eigenvalue weighted by Gasteiger charge is 2.45. The van der Waals surface area contributed by atoms with Crippen LogP contribution < -0.4 is 10.1 Å². The van der Waals surface area contributed by atoms with Crippen LogP contribution in [0.15, 0.2) is 89.8 Å². The minimum absolute atomic E-state index is 0.0684. The summed E-state index contributed by atoms with van der Waals surface area (Å²) in [6, 6.07) is 23.7. The van der Waals surface area contributed by atoms with Crippen LogP contribution in [0.25, 0.3) is 0 Å². The smallest absolute Gasteiger partial charge is 0.243 e. The number of hydrogen-bond donors (Lipinski definition) is 1. The van der Waals surface area contributed by atoms with Crippen LogP contribution in [0.3, 0.4) is 0 Å². The average Bonchev–Trinajstić information content (AvgIpc) is 3.16. The summed E-state index contributed by atoms with van der Waals surface area (Å²) < 4.78 is 59.5. The van der Waals surface area contributed by atoms with Gasteiger partial charge in [0.05, 0.1) is 29.6 Å². The minimum Gasteiger partial charge on any atom is -0.497 e. The first-order valence-corrected chi connectivity index (χ1v) is 14.2. The molecule has 3 aromatic carbocycles. The van der Waals surface area contributed by atoms with Crippen molar-refractivity contribution in [3.63, 3.8) is 0 Å². The van der Waals surface area contributed by atoms with Crippen LogP contribution in [0.2, 0.25) is 0 Å². The standard InChI is InChI=1S/C25H28N2O5S2/c1-32-22-12-14-23(15-13-22)34(30,31)27(17-21-10-6-3-7-11-21)25-19-33(28,29)18-24(25)26-16-20-8-4-2-5-9-20/h2-15,24-26H,16-19H2,1H3/t24-,25-/m1/s1. The van der Waals surface area contributed by atoms with E-state index in [-0.39, 0.29) is 22.9 Å². The summed E-state index contributed by atoms with van der Waals surface area (Å²) in [6.07, 6.45) is 0. The van der Waals surface area contributed by atoms with Crippen molar-refractivity contribution in [3.8, 4) is 5.75 Å². The van der Waals surface area contributed by atoms with Gasteiger partial charge in [0.15, 0.2) is 9.84 Å². The Morgan fingerprint density at radius 2 is 1.47 bits per heavy atom. The summed E-state index contributed by atoms with van der Waals surface area (Å²) in [5, 5.41) is 3.31. The summed E-state index contributed by atoms with van der Waals surface area (Å²) in [7, 11) is -5.92. The lowest BCUT2D eigenvalue weighted by Gasteiger charge is -2.32. The molecule has 1 heterocycles. The molecule has 0 aliphatic carbocycles.